The molecule has 2 fully saturated rings. The molecule has 0 aromatic heterocycles. The number of fused-ring (bicyclic) bond motifs is 2. The number of carbonyl (C=O) groups is 1. The van der Waals surface area contributed by atoms with Gasteiger partial charge in [-0.3, -0.25) is 4.79 Å². The largest absolute Gasteiger partial charge is 0.494 e. The summed E-state index contributed by atoms with van der Waals surface area (Å²) >= 11 is 0. The van der Waals surface area contributed by atoms with Crippen molar-refractivity contribution in [2.24, 2.45) is 11.8 Å². The monoisotopic (exact) mass is 620 g/mol. The van der Waals surface area contributed by atoms with Crippen LogP contribution in [0.5, 0.6) is 23.0 Å². The normalized spacial score (nSPS) is 23.9. The smallest absolute Gasteiger partial charge is 0.146 e. The molecule has 2 saturated heterocycles. The molecule has 0 unspecified atom stereocenters. The van der Waals surface area contributed by atoms with Gasteiger partial charge in [-0.1, -0.05) is 48.5 Å². The average molecular weight is 621 g/mol. The molecule has 0 saturated carbocycles. The van der Waals surface area contributed by atoms with Gasteiger partial charge in [0.1, 0.15) is 28.8 Å². The fourth-order valence-electron chi connectivity index (χ4n) is 7.03. The molecule has 2 bridgehead atoms. The number of benzene rings is 4. The van der Waals surface area contributed by atoms with E-state index in [2.05, 4.69) is 59.2 Å². The van der Waals surface area contributed by atoms with Gasteiger partial charge in [-0.15, -0.1) is 0 Å². The maximum absolute atomic E-state index is 15.0. The van der Waals surface area contributed by atoms with Crippen molar-refractivity contribution in [2.45, 2.75) is 51.9 Å². The number of ether oxygens (including phenoxy) is 4. The highest BCUT2D eigenvalue weighted by Gasteiger charge is 2.55. The molecule has 2 aliphatic heterocycles. The van der Waals surface area contributed by atoms with E-state index in [9.17, 15) is 0 Å². The van der Waals surface area contributed by atoms with Crippen LogP contribution in [0.15, 0.2) is 97.1 Å². The SMILES string of the molecule is CCOc1ccc([C@H]2N[C@@H](c3ccc(OCC)cc3)C3C(=O)C2[C@@H](c2ccc(OCC)cc2)N[C@H]3c2ccc(OCC)cc2)cc1. The topological polar surface area (TPSA) is 78.1 Å². The highest BCUT2D eigenvalue weighted by molar-refractivity contribution is 5.89. The lowest BCUT2D eigenvalue weighted by Gasteiger charge is -2.52. The maximum atomic E-state index is 15.0. The van der Waals surface area contributed by atoms with Crippen molar-refractivity contribution in [1.82, 2.24) is 10.6 Å². The van der Waals surface area contributed by atoms with Crippen LogP contribution in [0.3, 0.4) is 0 Å². The summed E-state index contributed by atoms with van der Waals surface area (Å²) in [6.45, 7) is 10.3. The first kappa shape index (κ1) is 31.6. The standard InChI is InChI=1S/C39H44N2O5/c1-5-43-29-17-9-25(10-18-29)35-33-36(26-11-19-30(20-12-26)44-6-2)41-38(28-15-23-32(24-16-28)46-8-4)34(39(33)42)37(40-35)27-13-21-31(22-14-27)45-7-3/h9-24,33-38,40-41H,5-8H2,1-4H3/t33?,34?,35-,36-,37+,38+. The van der Waals surface area contributed by atoms with E-state index in [0.717, 1.165) is 45.3 Å². The molecule has 4 atom stereocenters. The number of piperidine rings is 2. The summed E-state index contributed by atoms with van der Waals surface area (Å²) in [6.07, 6.45) is 0. The van der Waals surface area contributed by atoms with Gasteiger partial charge in [-0.25, -0.2) is 0 Å². The Morgan fingerprint density at radius 3 is 0.826 bits per heavy atom. The third kappa shape index (κ3) is 6.48. The maximum Gasteiger partial charge on any atom is 0.146 e. The van der Waals surface area contributed by atoms with Crippen LogP contribution < -0.4 is 29.6 Å². The van der Waals surface area contributed by atoms with Gasteiger partial charge in [0.05, 0.1) is 38.3 Å². The molecule has 0 aliphatic carbocycles. The first-order chi connectivity index (χ1) is 22.5. The number of carbonyl (C=O) groups excluding carboxylic acids is 1. The lowest BCUT2D eigenvalue weighted by atomic mass is 9.64. The van der Waals surface area contributed by atoms with Crippen molar-refractivity contribution < 1.29 is 23.7 Å². The second-order valence-electron chi connectivity index (χ2n) is 11.7. The van der Waals surface area contributed by atoms with Gasteiger partial charge in [0.2, 0.25) is 0 Å². The predicted octanol–water partition coefficient (Wildman–Crippen LogP) is 7.55. The first-order valence-corrected chi connectivity index (χ1v) is 16.5. The summed E-state index contributed by atoms with van der Waals surface area (Å²) in [6, 6.07) is 31.7. The number of hydrogen-bond donors (Lipinski definition) is 2. The van der Waals surface area contributed by atoms with Crippen LogP contribution in [-0.4, -0.2) is 32.2 Å². The minimum absolute atomic E-state index is 0.235. The van der Waals surface area contributed by atoms with Crippen molar-refractivity contribution in [3.8, 4) is 23.0 Å². The molecule has 2 aliphatic rings. The summed E-state index contributed by atoms with van der Waals surface area (Å²) in [4.78, 5) is 15.0. The number of nitrogens with one attached hydrogen (secondary N) is 2. The minimum atomic E-state index is -0.348. The van der Waals surface area contributed by atoms with Crippen molar-refractivity contribution >= 4 is 5.78 Å². The Morgan fingerprint density at radius 1 is 0.413 bits per heavy atom. The van der Waals surface area contributed by atoms with E-state index in [1.54, 1.807) is 0 Å². The highest BCUT2D eigenvalue weighted by atomic mass is 16.5. The highest BCUT2D eigenvalue weighted by Crippen LogP contribution is 2.52. The zero-order chi connectivity index (χ0) is 32.0. The summed E-state index contributed by atoms with van der Waals surface area (Å²) in [5.41, 5.74) is 4.20. The Bertz CT molecular complexity index is 1340. The third-order valence-corrected chi connectivity index (χ3v) is 9.01. The molecule has 7 heteroatoms. The fourth-order valence-corrected chi connectivity index (χ4v) is 7.03. The summed E-state index contributed by atoms with van der Waals surface area (Å²) in [7, 11) is 0. The average Bonchev–Trinajstić information content (AvgIpc) is 3.07. The number of rotatable bonds is 12. The predicted molar refractivity (Wildman–Crippen MR) is 180 cm³/mol. The molecular weight excluding hydrogens is 576 g/mol. The Morgan fingerprint density at radius 2 is 0.630 bits per heavy atom. The van der Waals surface area contributed by atoms with Crippen LogP contribution in [-0.2, 0) is 4.79 Å². The minimum Gasteiger partial charge on any atom is -0.494 e. The molecule has 2 N–H and O–H groups in total. The Balaban J connectivity index is 1.45. The van der Waals surface area contributed by atoms with Crippen molar-refractivity contribution in [1.29, 1.82) is 0 Å². The molecule has 7 nitrogen and oxygen atoms in total. The molecule has 0 spiro atoms. The lowest BCUT2D eigenvalue weighted by molar-refractivity contribution is -0.139. The van der Waals surface area contributed by atoms with E-state index < -0.39 is 0 Å². The van der Waals surface area contributed by atoms with Crippen molar-refractivity contribution in [3.05, 3.63) is 119 Å². The van der Waals surface area contributed by atoms with Gasteiger partial charge in [-0.05, 0) is 98.5 Å². The van der Waals surface area contributed by atoms with E-state index in [1.807, 2.05) is 76.2 Å². The second kappa shape index (κ2) is 14.4. The molecular formula is C39H44N2O5. The second-order valence-corrected chi connectivity index (χ2v) is 11.7. The number of hydrogen-bond acceptors (Lipinski definition) is 7. The van der Waals surface area contributed by atoms with E-state index in [-0.39, 0.29) is 41.8 Å². The van der Waals surface area contributed by atoms with E-state index in [0.29, 0.717) is 26.4 Å². The molecule has 240 valence electrons. The molecule has 6 rings (SSSR count). The zero-order valence-corrected chi connectivity index (χ0v) is 27.1. The van der Waals surface area contributed by atoms with Crippen LogP contribution in [0.25, 0.3) is 0 Å². The molecule has 0 radical (unpaired) electrons. The summed E-state index contributed by atoms with van der Waals surface area (Å²) in [5, 5.41) is 7.98. The van der Waals surface area contributed by atoms with Crippen LogP contribution in [0.4, 0.5) is 0 Å². The van der Waals surface area contributed by atoms with E-state index in [4.69, 9.17) is 18.9 Å². The van der Waals surface area contributed by atoms with Gasteiger partial charge in [0.15, 0.2) is 0 Å². The van der Waals surface area contributed by atoms with Crippen LogP contribution >= 0.6 is 0 Å². The fraction of sp³-hybridized carbons (Fsp3) is 0.359. The van der Waals surface area contributed by atoms with Crippen molar-refractivity contribution in [2.75, 3.05) is 26.4 Å². The Hall–Kier alpha value is -4.33. The van der Waals surface area contributed by atoms with E-state index in [1.165, 1.54) is 0 Å². The van der Waals surface area contributed by atoms with Gasteiger partial charge in [0, 0.05) is 24.2 Å². The zero-order valence-electron chi connectivity index (χ0n) is 27.1. The van der Waals surface area contributed by atoms with Gasteiger partial charge in [0.25, 0.3) is 0 Å². The van der Waals surface area contributed by atoms with Crippen molar-refractivity contribution in [3.63, 3.8) is 0 Å². The van der Waals surface area contributed by atoms with Crippen LogP contribution in [0.2, 0.25) is 0 Å². The van der Waals surface area contributed by atoms with Crippen LogP contribution in [0.1, 0.15) is 74.1 Å². The van der Waals surface area contributed by atoms with Gasteiger partial charge < -0.3 is 29.6 Å². The van der Waals surface area contributed by atoms with Gasteiger partial charge in [-0.2, -0.15) is 0 Å². The quantitative estimate of drug-likeness (QED) is 0.169. The van der Waals surface area contributed by atoms with E-state index >= 15 is 4.79 Å². The Labute approximate surface area is 272 Å². The summed E-state index contributed by atoms with van der Waals surface area (Å²) < 4.78 is 23.0. The Kier molecular flexibility index (Phi) is 9.91. The number of Topliss-reactive ketones (excluding diaryl/α,β-unsaturated/α-hetero) is 1. The molecule has 4 aromatic carbocycles. The number of ketones is 1. The van der Waals surface area contributed by atoms with Gasteiger partial charge >= 0.3 is 0 Å². The third-order valence-electron chi connectivity index (χ3n) is 9.01. The molecule has 46 heavy (non-hydrogen) atoms. The molecule has 2 heterocycles. The molecule has 0 amide bonds. The summed E-state index contributed by atoms with van der Waals surface area (Å²) in [5.74, 6) is 2.81. The van der Waals surface area contributed by atoms with Crippen LogP contribution in [0, 0.1) is 11.8 Å². The lowest BCUT2D eigenvalue weighted by Crippen LogP contribution is -2.60. The molecule has 4 aromatic rings. The first-order valence-electron chi connectivity index (χ1n) is 16.5.